The molecule has 0 aliphatic rings. The van der Waals surface area contributed by atoms with Crippen LogP contribution in [0.15, 0.2) is 18.2 Å². The summed E-state index contributed by atoms with van der Waals surface area (Å²) in [4.78, 5) is 4.57. The molecule has 0 saturated heterocycles. The van der Waals surface area contributed by atoms with Gasteiger partial charge in [0.1, 0.15) is 10.8 Å². The van der Waals surface area contributed by atoms with Gasteiger partial charge in [0, 0.05) is 0 Å². The van der Waals surface area contributed by atoms with Gasteiger partial charge in [-0.25, -0.2) is 4.98 Å². The van der Waals surface area contributed by atoms with Crippen LogP contribution in [0.3, 0.4) is 0 Å². The van der Waals surface area contributed by atoms with E-state index < -0.39 is 0 Å². The maximum absolute atomic E-state index is 6.08. The Labute approximate surface area is 106 Å². The van der Waals surface area contributed by atoms with Gasteiger partial charge in [-0.1, -0.05) is 13.3 Å². The van der Waals surface area contributed by atoms with Crippen LogP contribution in [0.2, 0.25) is 0 Å². The van der Waals surface area contributed by atoms with Gasteiger partial charge in [0.25, 0.3) is 0 Å². The molecule has 92 valence electrons. The van der Waals surface area contributed by atoms with E-state index in [2.05, 4.69) is 11.9 Å². The summed E-state index contributed by atoms with van der Waals surface area (Å²) in [5, 5.41) is 1.02. The van der Waals surface area contributed by atoms with Crippen molar-refractivity contribution in [2.24, 2.45) is 5.73 Å². The van der Waals surface area contributed by atoms with Crippen molar-refractivity contribution in [3.8, 4) is 5.75 Å². The third-order valence-corrected chi connectivity index (χ3v) is 3.75. The quantitative estimate of drug-likeness (QED) is 0.883. The first kappa shape index (κ1) is 12.3. The molecule has 2 aromatic rings. The zero-order chi connectivity index (χ0) is 12.3. The number of hydrogen-bond acceptors (Lipinski definition) is 4. The van der Waals surface area contributed by atoms with Crippen LogP contribution in [0, 0.1) is 0 Å². The Morgan fingerprint density at radius 2 is 2.24 bits per heavy atom. The van der Waals surface area contributed by atoms with E-state index in [-0.39, 0.29) is 6.04 Å². The molecule has 0 amide bonds. The molecule has 0 aliphatic heterocycles. The molecule has 1 aromatic carbocycles. The van der Waals surface area contributed by atoms with Crippen LogP contribution in [0.25, 0.3) is 10.2 Å². The smallest absolute Gasteiger partial charge is 0.120 e. The average molecular weight is 250 g/mol. The van der Waals surface area contributed by atoms with Crippen molar-refractivity contribution in [3.63, 3.8) is 0 Å². The lowest BCUT2D eigenvalue weighted by atomic mass is 10.2. The van der Waals surface area contributed by atoms with E-state index in [1.165, 1.54) is 0 Å². The number of hydrogen-bond donors (Lipinski definition) is 1. The molecule has 0 spiro atoms. The minimum atomic E-state index is 0.0629. The first-order chi connectivity index (χ1) is 8.24. The molecule has 1 aromatic heterocycles. The molecule has 4 heteroatoms. The number of nitrogens with zero attached hydrogens (tertiary/aromatic N) is 1. The Morgan fingerprint density at radius 1 is 1.41 bits per heavy atom. The van der Waals surface area contributed by atoms with Crippen molar-refractivity contribution >= 4 is 21.6 Å². The van der Waals surface area contributed by atoms with Gasteiger partial charge >= 0.3 is 0 Å². The molecule has 1 unspecified atom stereocenters. The molecule has 0 saturated carbocycles. The fourth-order valence-corrected chi connectivity index (χ4v) is 2.80. The summed E-state index contributed by atoms with van der Waals surface area (Å²) in [6.45, 7) is 4.81. The summed E-state index contributed by atoms with van der Waals surface area (Å²) in [6, 6.07) is 6.06. The third-order valence-electron chi connectivity index (χ3n) is 2.60. The van der Waals surface area contributed by atoms with Gasteiger partial charge in [-0.05, 0) is 31.5 Å². The predicted octanol–water partition coefficient (Wildman–Crippen LogP) is 3.49. The minimum Gasteiger partial charge on any atom is -0.494 e. The van der Waals surface area contributed by atoms with Crippen molar-refractivity contribution in [1.82, 2.24) is 4.98 Å². The highest BCUT2D eigenvalue weighted by Gasteiger charge is 2.11. The monoisotopic (exact) mass is 250 g/mol. The maximum atomic E-state index is 6.08. The lowest BCUT2D eigenvalue weighted by Gasteiger charge is -2.04. The summed E-state index contributed by atoms with van der Waals surface area (Å²) in [5.41, 5.74) is 7.10. The van der Waals surface area contributed by atoms with Crippen LogP contribution in [-0.4, -0.2) is 11.6 Å². The maximum Gasteiger partial charge on any atom is 0.120 e. The highest BCUT2D eigenvalue weighted by Crippen LogP contribution is 2.30. The minimum absolute atomic E-state index is 0.0629. The molecule has 0 fully saturated rings. The molecule has 3 nitrogen and oxygen atoms in total. The molecular formula is C13H18N2OS. The molecule has 1 atom stereocenters. The molecule has 0 radical (unpaired) electrons. The van der Waals surface area contributed by atoms with E-state index in [1.54, 1.807) is 11.3 Å². The van der Waals surface area contributed by atoms with E-state index in [9.17, 15) is 0 Å². The first-order valence-electron chi connectivity index (χ1n) is 6.03. The van der Waals surface area contributed by atoms with Crippen LogP contribution >= 0.6 is 11.3 Å². The Hall–Kier alpha value is -1.13. The fourth-order valence-electron chi connectivity index (χ4n) is 1.77. The van der Waals surface area contributed by atoms with E-state index in [0.717, 1.165) is 33.8 Å². The van der Waals surface area contributed by atoms with Gasteiger partial charge in [-0.3, -0.25) is 0 Å². The lowest BCUT2D eigenvalue weighted by molar-refractivity contribution is 0.341. The van der Waals surface area contributed by atoms with Gasteiger partial charge in [0.15, 0.2) is 0 Å². The van der Waals surface area contributed by atoms with Gasteiger partial charge in [0.05, 0.1) is 22.9 Å². The fraction of sp³-hybridized carbons (Fsp3) is 0.462. The van der Waals surface area contributed by atoms with Crippen molar-refractivity contribution < 1.29 is 4.74 Å². The Kier molecular flexibility index (Phi) is 3.97. The SMILES string of the molecule is CCCC(N)c1nc2ccc(OCC)cc2s1. The van der Waals surface area contributed by atoms with E-state index in [0.29, 0.717) is 6.61 Å². The molecular weight excluding hydrogens is 232 g/mol. The Morgan fingerprint density at radius 3 is 2.94 bits per heavy atom. The highest BCUT2D eigenvalue weighted by molar-refractivity contribution is 7.18. The van der Waals surface area contributed by atoms with Gasteiger partial charge < -0.3 is 10.5 Å². The average Bonchev–Trinajstić information content (AvgIpc) is 2.73. The van der Waals surface area contributed by atoms with E-state index in [4.69, 9.17) is 10.5 Å². The van der Waals surface area contributed by atoms with E-state index >= 15 is 0 Å². The first-order valence-corrected chi connectivity index (χ1v) is 6.85. The number of benzene rings is 1. The predicted molar refractivity (Wildman–Crippen MR) is 72.6 cm³/mol. The van der Waals surface area contributed by atoms with Gasteiger partial charge in [0.2, 0.25) is 0 Å². The van der Waals surface area contributed by atoms with Crippen molar-refractivity contribution in [2.45, 2.75) is 32.7 Å². The summed E-state index contributed by atoms with van der Waals surface area (Å²) >= 11 is 1.67. The number of rotatable bonds is 5. The molecule has 2 rings (SSSR count). The Bertz CT molecular complexity index is 495. The van der Waals surface area contributed by atoms with Crippen LogP contribution in [-0.2, 0) is 0 Å². The highest BCUT2D eigenvalue weighted by atomic mass is 32.1. The summed E-state index contributed by atoms with van der Waals surface area (Å²) in [6.07, 6.45) is 2.07. The molecule has 2 N–H and O–H groups in total. The number of ether oxygens (including phenoxy) is 1. The van der Waals surface area contributed by atoms with Crippen LogP contribution < -0.4 is 10.5 Å². The normalized spacial score (nSPS) is 12.9. The topological polar surface area (TPSA) is 48.1 Å². The Balaban J connectivity index is 2.30. The second kappa shape index (κ2) is 5.47. The van der Waals surface area contributed by atoms with Gasteiger partial charge in [-0.2, -0.15) is 0 Å². The largest absolute Gasteiger partial charge is 0.494 e. The molecule has 17 heavy (non-hydrogen) atoms. The zero-order valence-corrected chi connectivity index (χ0v) is 11.1. The number of aromatic nitrogens is 1. The van der Waals surface area contributed by atoms with Crippen LogP contribution in [0.5, 0.6) is 5.75 Å². The molecule has 1 heterocycles. The second-order valence-corrected chi connectivity index (χ2v) is 5.07. The summed E-state index contributed by atoms with van der Waals surface area (Å²) in [7, 11) is 0. The van der Waals surface area contributed by atoms with Crippen molar-refractivity contribution in [2.75, 3.05) is 6.61 Å². The van der Waals surface area contributed by atoms with Crippen LogP contribution in [0.1, 0.15) is 37.7 Å². The molecule has 0 bridgehead atoms. The number of fused-ring (bicyclic) bond motifs is 1. The standard InChI is InChI=1S/C13H18N2OS/c1-3-5-10(14)13-15-11-7-6-9(16-4-2)8-12(11)17-13/h6-8,10H,3-5,14H2,1-2H3. The molecule has 0 aliphatic carbocycles. The number of nitrogens with two attached hydrogens (primary N) is 1. The number of thiazole rings is 1. The summed E-state index contributed by atoms with van der Waals surface area (Å²) in [5.74, 6) is 0.902. The van der Waals surface area contributed by atoms with Crippen molar-refractivity contribution in [3.05, 3.63) is 23.2 Å². The van der Waals surface area contributed by atoms with Crippen molar-refractivity contribution in [1.29, 1.82) is 0 Å². The zero-order valence-electron chi connectivity index (χ0n) is 10.3. The third kappa shape index (κ3) is 2.76. The van der Waals surface area contributed by atoms with Gasteiger partial charge in [-0.15, -0.1) is 11.3 Å². The second-order valence-electron chi connectivity index (χ2n) is 4.01. The summed E-state index contributed by atoms with van der Waals surface area (Å²) < 4.78 is 6.63. The lowest BCUT2D eigenvalue weighted by Crippen LogP contribution is -2.08. The van der Waals surface area contributed by atoms with Crippen LogP contribution in [0.4, 0.5) is 0 Å². The van der Waals surface area contributed by atoms with E-state index in [1.807, 2.05) is 25.1 Å².